The molecule has 2 rings (SSSR count). The molecular weight excluding hydrogens is 224 g/mol. The minimum Gasteiger partial charge on any atom is -0.366 e. The first kappa shape index (κ1) is 11.8. The number of aromatic nitrogens is 2. The summed E-state index contributed by atoms with van der Waals surface area (Å²) in [6.45, 7) is 4.19. The Balaban J connectivity index is 2.36. The lowest BCUT2D eigenvalue weighted by Crippen LogP contribution is -2.02. The Morgan fingerprint density at radius 2 is 2.28 bits per heavy atom. The fraction of sp³-hybridized carbons (Fsp3) is 0.0714. The van der Waals surface area contributed by atoms with E-state index in [2.05, 4.69) is 27.9 Å². The molecule has 0 amide bonds. The van der Waals surface area contributed by atoms with Crippen molar-refractivity contribution >= 4 is 5.82 Å². The summed E-state index contributed by atoms with van der Waals surface area (Å²) in [6.07, 6.45) is 5.13. The molecule has 0 saturated heterocycles. The highest BCUT2D eigenvalue weighted by molar-refractivity contribution is 5.65. The number of pyridine rings is 2. The van der Waals surface area contributed by atoms with Gasteiger partial charge in [0, 0.05) is 24.5 Å². The fourth-order valence-electron chi connectivity index (χ4n) is 1.53. The molecule has 0 aliphatic carbocycles. The van der Waals surface area contributed by atoms with E-state index in [9.17, 15) is 0 Å². The number of hydrogen-bond donors (Lipinski definition) is 1. The number of anilines is 1. The summed E-state index contributed by atoms with van der Waals surface area (Å²) >= 11 is 0. The molecular formula is C14H12N4. The van der Waals surface area contributed by atoms with Crippen LogP contribution in [-0.2, 0) is 0 Å². The Bertz CT molecular complexity index is 584. The smallest absolute Gasteiger partial charge is 0.144 e. The lowest BCUT2D eigenvalue weighted by Gasteiger charge is -2.06. The van der Waals surface area contributed by atoms with Gasteiger partial charge in [-0.3, -0.25) is 4.98 Å². The molecule has 2 heterocycles. The van der Waals surface area contributed by atoms with E-state index in [1.165, 1.54) is 0 Å². The monoisotopic (exact) mass is 236 g/mol. The summed E-state index contributed by atoms with van der Waals surface area (Å²) in [4.78, 5) is 8.47. The molecule has 4 heteroatoms. The molecule has 2 aromatic heterocycles. The van der Waals surface area contributed by atoms with Gasteiger partial charge < -0.3 is 5.32 Å². The van der Waals surface area contributed by atoms with Crippen LogP contribution in [0.2, 0.25) is 0 Å². The van der Waals surface area contributed by atoms with Gasteiger partial charge in [0.05, 0.1) is 11.3 Å². The highest BCUT2D eigenvalue weighted by Crippen LogP contribution is 2.20. The average Bonchev–Trinajstić information content (AvgIpc) is 2.46. The third-order valence-corrected chi connectivity index (χ3v) is 2.38. The predicted molar refractivity (Wildman–Crippen MR) is 70.9 cm³/mol. The minimum atomic E-state index is 0.500. The molecule has 0 bridgehead atoms. The lowest BCUT2D eigenvalue weighted by atomic mass is 10.1. The van der Waals surface area contributed by atoms with Crippen molar-refractivity contribution in [3.8, 4) is 17.3 Å². The fourth-order valence-corrected chi connectivity index (χ4v) is 1.53. The minimum absolute atomic E-state index is 0.500. The van der Waals surface area contributed by atoms with Gasteiger partial charge >= 0.3 is 0 Å². The molecule has 0 unspecified atom stereocenters. The van der Waals surface area contributed by atoms with Crippen molar-refractivity contribution in [1.29, 1.82) is 5.26 Å². The van der Waals surface area contributed by atoms with Crippen LogP contribution in [-0.4, -0.2) is 16.5 Å². The van der Waals surface area contributed by atoms with Gasteiger partial charge in [0.25, 0.3) is 0 Å². The van der Waals surface area contributed by atoms with Crippen molar-refractivity contribution in [2.24, 2.45) is 0 Å². The van der Waals surface area contributed by atoms with Crippen LogP contribution in [0.15, 0.2) is 49.3 Å². The number of nitrogens with one attached hydrogen (secondary N) is 1. The number of nitriles is 1. The van der Waals surface area contributed by atoms with Crippen LogP contribution >= 0.6 is 0 Å². The molecule has 0 radical (unpaired) electrons. The van der Waals surface area contributed by atoms with Crippen molar-refractivity contribution in [2.75, 3.05) is 11.9 Å². The molecule has 0 aliphatic heterocycles. The molecule has 2 aromatic rings. The van der Waals surface area contributed by atoms with E-state index in [0.717, 1.165) is 11.3 Å². The highest BCUT2D eigenvalue weighted by atomic mass is 15.0. The number of rotatable bonds is 4. The molecule has 88 valence electrons. The van der Waals surface area contributed by atoms with Crippen molar-refractivity contribution in [3.05, 3.63) is 54.9 Å². The zero-order valence-corrected chi connectivity index (χ0v) is 9.80. The molecule has 18 heavy (non-hydrogen) atoms. The largest absolute Gasteiger partial charge is 0.366 e. The lowest BCUT2D eigenvalue weighted by molar-refractivity contribution is 1.21. The maximum Gasteiger partial charge on any atom is 0.144 e. The van der Waals surface area contributed by atoms with E-state index in [0.29, 0.717) is 17.9 Å². The van der Waals surface area contributed by atoms with Crippen LogP contribution in [0, 0.1) is 11.3 Å². The molecule has 0 aromatic carbocycles. The van der Waals surface area contributed by atoms with Gasteiger partial charge in [-0.05, 0) is 18.2 Å². The van der Waals surface area contributed by atoms with Crippen molar-refractivity contribution in [2.45, 2.75) is 0 Å². The van der Waals surface area contributed by atoms with Crippen molar-refractivity contribution in [3.63, 3.8) is 0 Å². The van der Waals surface area contributed by atoms with Gasteiger partial charge in [-0.1, -0.05) is 12.1 Å². The third-order valence-electron chi connectivity index (χ3n) is 2.38. The Morgan fingerprint density at radius 3 is 2.94 bits per heavy atom. The second-order valence-corrected chi connectivity index (χ2v) is 3.62. The Kier molecular flexibility index (Phi) is 3.67. The normalized spacial score (nSPS) is 9.50. The Hall–Kier alpha value is -2.67. The topological polar surface area (TPSA) is 61.6 Å². The summed E-state index contributed by atoms with van der Waals surface area (Å²) < 4.78 is 0. The second kappa shape index (κ2) is 5.60. The van der Waals surface area contributed by atoms with Gasteiger partial charge in [-0.25, -0.2) is 4.98 Å². The standard InChI is InChI=1S/C14H12N4/c1-2-6-17-14-11(9-15)8-12(10-18-14)13-5-3-4-7-16-13/h2-5,7-8,10H,1,6H2,(H,17,18). The van der Waals surface area contributed by atoms with E-state index >= 15 is 0 Å². The van der Waals surface area contributed by atoms with Crippen LogP contribution < -0.4 is 5.32 Å². The van der Waals surface area contributed by atoms with Gasteiger partial charge in [0.15, 0.2) is 0 Å². The maximum absolute atomic E-state index is 9.11. The summed E-state index contributed by atoms with van der Waals surface area (Å²) in [5, 5.41) is 12.1. The molecule has 4 nitrogen and oxygen atoms in total. The first-order valence-electron chi connectivity index (χ1n) is 5.51. The van der Waals surface area contributed by atoms with Crippen LogP contribution in [0.5, 0.6) is 0 Å². The van der Waals surface area contributed by atoms with Crippen LogP contribution in [0.3, 0.4) is 0 Å². The molecule has 0 atom stereocenters. The molecule has 0 aliphatic rings. The first-order chi connectivity index (χ1) is 8.85. The summed E-state index contributed by atoms with van der Waals surface area (Å²) in [6, 6.07) is 9.54. The van der Waals surface area contributed by atoms with Crippen molar-refractivity contribution in [1.82, 2.24) is 9.97 Å². The quantitative estimate of drug-likeness (QED) is 0.829. The zero-order chi connectivity index (χ0) is 12.8. The molecule has 0 fully saturated rings. The van der Waals surface area contributed by atoms with Crippen LogP contribution in [0.1, 0.15) is 5.56 Å². The summed E-state index contributed by atoms with van der Waals surface area (Å²) in [5.41, 5.74) is 2.13. The zero-order valence-electron chi connectivity index (χ0n) is 9.80. The highest BCUT2D eigenvalue weighted by Gasteiger charge is 2.06. The van der Waals surface area contributed by atoms with Crippen molar-refractivity contribution < 1.29 is 0 Å². The Labute approximate surface area is 106 Å². The average molecular weight is 236 g/mol. The van der Waals surface area contributed by atoms with Gasteiger partial charge in [-0.15, -0.1) is 6.58 Å². The first-order valence-corrected chi connectivity index (χ1v) is 5.51. The predicted octanol–water partition coefficient (Wildman–Crippen LogP) is 2.61. The van der Waals surface area contributed by atoms with E-state index in [1.54, 1.807) is 24.5 Å². The summed E-state index contributed by atoms with van der Waals surface area (Å²) in [5.74, 6) is 0.567. The summed E-state index contributed by atoms with van der Waals surface area (Å²) in [7, 11) is 0. The van der Waals surface area contributed by atoms with Crippen LogP contribution in [0.25, 0.3) is 11.3 Å². The number of hydrogen-bond acceptors (Lipinski definition) is 4. The third kappa shape index (κ3) is 2.53. The van der Waals surface area contributed by atoms with Gasteiger partial charge in [-0.2, -0.15) is 5.26 Å². The molecule has 0 saturated carbocycles. The van der Waals surface area contributed by atoms with E-state index in [-0.39, 0.29) is 0 Å². The second-order valence-electron chi connectivity index (χ2n) is 3.62. The number of nitrogens with zero attached hydrogens (tertiary/aromatic N) is 3. The van der Waals surface area contributed by atoms with E-state index < -0.39 is 0 Å². The molecule has 0 spiro atoms. The SMILES string of the molecule is C=CCNc1ncc(-c2ccccn2)cc1C#N. The van der Waals surface area contributed by atoms with E-state index in [1.807, 2.05) is 18.2 Å². The van der Waals surface area contributed by atoms with Crippen LogP contribution in [0.4, 0.5) is 5.82 Å². The molecule has 1 N–H and O–H groups in total. The van der Waals surface area contributed by atoms with E-state index in [4.69, 9.17) is 5.26 Å². The van der Waals surface area contributed by atoms with Gasteiger partial charge in [0.2, 0.25) is 0 Å². The maximum atomic E-state index is 9.11. The Morgan fingerprint density at radius 1 is 1.39 bits per heavy atom. The van der Waals surface area contributed by atoms with Gasteiger partial charge in [0.1, 0.15) is 11.9 Å².